The van der Waals surface area contributed by atoms with E-state index in [1.165, 1.54) is 26.4 Å². The maximum Gasteiger partial charge on any atom is 0.373 e. The lowest BCUT2D eigenvalue weighted by molar-refractivity contribution is -0.187. The van der Waals surface area contributed by atoms with Crippen molar-refractivity contribution >= 4 is 34.7 Å². The van der Waals surface area contributed by atoms with Gasteiger partial charge in [-0.1, -0.05) is 50.4 Å². The maximum absolute atomic E-state index is 12.7. The van der Waals surface area contributed by atoms with Gasteiger partial charge in [-0.15, -0.1) is 0 Å². The first-order chi connectivity index (χ1) is 14.0. The molecule has 2 aliphatic carbocycles. The SMILES string of the molecule is COC(=O)C1=C(c2ccc(Cl)nc2Cl)C[C@H]2[C@]3(C)CCCC(C)(C)[C@H]3CC[C@]2(C)O1. The second kappa shape index (κ2) is 7.41. The van der Waals surface area contributed by atoms with Crippen LogP contribution < -0.4 is 0 Å². The topological polar surface area (TPSA) is 48.4 Å². The number of carbonyl (C=O) groups excluding carboxylic acids is 1. The van der Waals surface area contributed by atoms with Crippen molar-refractivity contribution in [2.24, 2.45) is 22.7 Å². The van der Waals surface area contributed by atoms with Crippen LogP contribution >= 0.6 is 23.2 Å². The molecular formula is C24H31Cl2NO3. The lowest BCUT2D eigenvalue weighted by Crippen LogP contribution is -2.59. The van der Waals surface area contributed by atoms with Crippen LogP contribution in [0, 0.1) is 22.7 Å². The van der Waals surface area contributed by atoms with Gasteiger partial charge in [0.2, 0.25) is 5.76 Å². The average molecular weight is 452 g/mol. The highest BCUT2D eigenvalue weighted by Gasteiger charge is 2.61. The number of nitrogens with zero attached hydrogens (tertiary/aromatic N) is 1. The van der Waals surface area contributed by atoms with Crippen molar-refractivity contribution in [3.63, 3.8) is 0 Å². The summed E-state index contributed by atoms with van der Waals surface area (Å²) < 4.78 is 11.6. The third-order valence-corrected chi connectivity index (χ3v) is 8.77. The van der Waals surface area contributed by atoms with E-state index in [0.29, 0.717) is 28.5 Å². The second-order valence-electron chi connectivity index (χ2n) is 10.4. The maximum atomic E-state index is 12.7. The monoisotopic (exact) mass is 451 g/mol. The molecule has 0 radical (unpaired) electrons. The highest BCUT2D eigenvalue weighted by atomic mass is 35.5. The van der Waals surface area contributed by atoms with Crippen molar-refractivity contribution in [1.29, 1.82) is 0 Å². The van der Waals surface area contributed by atoms with Gasteiger partial charge in [-0.2, -0.15) is 0 Å². The minimum Gasteiger partial charge on any atom is -0.480 e. The Morgan fingerprint density at radius 1 is 1.13 bits per heavy atom. The number of halogens is 2. The molecule has 3 aliphatic rings. The molecule has 1 aliphatic heterocycles. The number of methoxy groups -OCH3 is 1. The van der Waals surface area contributed by atoms with Gasteiger partial charge in [-0.05, 0) is 67.9 Å². The summed E-state index contributed by atoms with van der Waals surface area (Å²) >= 11 is 12.5. The molecule has 0 unspecified atom stereocenters. The van der Waals surface area contributed by atoms with E-state index in [1.807, 2.05) is 6.07 Å². The van der Waals surface area contributed by atoms with E-state index in [2.05, 4.69) is 32.7 Å². The van der Waals surface area contributed by atoms with E-state index < -0.39 is 11.6 Å². The number of rotatable bonds is 2. The molecule has 30 heavy (non-hydrogen) atoms. The fourth-order valence-corrected chi connectivity index (χ4v) is 7.35. The number of hydrogen-bond acceptors (Lipinski definition) is 4. The minimum atomic E-state index is -0.466. The molecule has 4 atom stereocenters. The van der Waals surface area contributed by atoms with Crippen molar-refractivity contribution in [2.75, 3.05) is 7.11 Å². The minimum absolute atomic E-state index is 0.133. The highest BCUT2D eigenvalue weighted by molar-refractivity contribution is 6.33. The van der Waals surface area contributed by atoms with Crippen LogP contribution in [-0.4, -0.2) is 23.7 Å². The fraction of sp³-hybridized carbons (Fsp3) is 0.667. The number of allylic oxidation sites excluding steroid dienone is 1. The summed E-state index contributed by atoms with van der Waals surface area (Å²) in [6.45, 7) is 9.44. The molecule has 4 rings (SSSR count). The smallest absolute Gasteiger partial charge is 0.373 e. The standard InChI is InChI=1S/C24H31Cl2NO3/c1-22(2)10-6-11-23(3)16(22)9-12-24(4)17(23)13-15(19(30-24)21(28)29-5)14-7-8-18(25)27-20(14)26/h7-8,16-17H,6,9-13H2,1-5H3/t16-,17+,23-,24+/m1/s1. The summed E-state index contributed by atoms with van der Waals surface area (Å²) in [6, 6.07) is 3.53. The molecule has 1 aromatic rings. The Morgan fingerprint density at radius 3 is 2.53 bits per heavy atom. The Balaban J connectivity index is 1.85. The quantitative estimate of drug-likeness (QED) is 0.370. The third kappa shape index (κ3) is 3.35. The molecule has 2 saturated carbocycles. The van der Waals surface area contributed by atoms with Gasteiger partial charge in [-0.3, -0.25) is 0 Å². The van der Waals surface area contributed by atoms with E-state index in [-0.39, 0.29) is 22.2 Å². The van der Waals surface area contributed by atoms with Gasteiger partial charge in [0.25, 0.3) is 0 Å². The Kier molecular flexibility index (Phi) is 5.42. The third-order valence-electron chi connectivity index (χ3n) is 8.27. The van der Waals surface area contributed by atoms with Crippen molar-refractivity contribution in [1.82, 2.24) is 4.98 Å². The van der Waals surface area contributed by atoms with E-state index in [4.69, 9.17) is 32.7 Å². The summed E-state index contributed by atoms with van der Waals surface area (Å²) in [6.07, 6.45) is 6.43. The highest BCUT2D eigenvalue weighted by Crippen LogP contribution is 2.65. The summed E-state index contributed by atoms with van der Waals surface area (Å²) in [7, 11) is 1.38. The number of carbonyl (C=O) groups is 1. The van der Waals surface area contributed by atoms with Crippen LogP contribution in [0.15, 0.2) is 17.9 Å². The molecule has 2 fully saturated rings. The van der Waals surface area contributed by atoms with Crippen LogP contribution in [0.3, 0.4) is 0 Å². The fourth-order valence-electron chi connectivity index (χ4n) is 6.90. The van der Waals surface area contributed by atoms with Gasteiger partial charge in [-0.25, -0.2) is 9.78 Å². The molecule has 4 nitrogen and oxygen atoms in total. The molecule has 0 amide bonds. The summed E-state index contributed by atoms with van der Waals surface area (Å²) in [5.74, 6) is 0.699. The zero-order valence-corrected chi connectivity index (χ0v) is 20.0. The van der Waals surface area contributed by atoms with E-state index >= 15 is 0 Å². The van der Waals surface area contributed by atoms with Gasteiger partial charge in [0, 0.05) is 17.1 Å². The van der Waals surface area contributed by atoms with Crippen LogP contribution in [0.1, 0.15) is 71.8 Å². The average Bonchev–Trinajstić information content (AvgIpc) is 2.66. The van der Waals surface area contributed by atoms with Crippen LogP contribution in [0.4, 0.5) is 0 Å². The molecule has 0 spiro atoms. The van der Waals surface area contributed by atoms with Gasteiger partial charge < -0.3 is 9.47 Å². The summed E-state index contributed by atoms with van der Waals surface area (Å²) in [4.78, 5) is 16.9. The largest absolute Gasteiger partial charge is 0.480 e. The Morgan fingerprint density at radius 2 is 1.87 bits per heavy atom. The molecule has 2 heterocycles. The Labute approximate surface area is 189 Å². The van der Waals surface area contributed by atoms with Crippen molar-refractivity contribution in [3.05, 3.63) is 33.8 Å². The number of esters is 1. The molecule has 0 saturated heterocycles. The Hall–Kier alpha value is -1.26. The number of aromatic nitrogens is 1. The summed E-state index contributed by atoms with van der Waals surface area (Å²) in [5, 5.41) is 0.608. The van der Waals surface area contributed by atoms with Gasteiger partial charge in [0.05, 0.1) is 7.11 Å². The van der Waals surface area contributed by atoms with Crippen LogP contribution in [0.5, 0.6) is 0 Å². The van der Waals surface area contributed by atoms with Gasteiger partial charge in [0.15, 0.2) is 0 Å². The first-order valence-corrected chi connectivity index (χ1v) is 11.6. The van der Waals surface area contributed by atoms with Crippen molar-refractivity contribution in [3.8, 4) is 0 Å². The zero-order chi connectivity index (χ0) is 21.9. The number of ether oxygens (including phenoxy) is 2. The van der Waals surface area contributed by atoms with Gasteiger partial charge >= 0.3 is 5.97 Å². The molecule has 0 bridgehead atoms. The first-order valence-electron chi connectivity index (χ1n) is 10.8. The lowest BCUT2D eigenvalue weighted by Gasteiger charge is -2.63. The predicted octanol–water partition coefficient (Wildman–Crippen LogP) is 6.69. The Bertz CT molecular complexity index is 912. The lowest BCUT2D eigenvalue weighted by atomic mass is 9.44. The van der Waals surface area contributed by atoms with Crippen molar-refractivity contribution < 1.29 is 14.3 Å². The normalized spacial score (nSPS) is 35.2. The van der Waals surface area contributed by atoms with Crippen LogP contribution in [0.2, 0.25) is 10.3 Å². The second-order valence-corrected chi connectivity index (χ2v) is 11.1. The van der Waals surface area contributed by atoms with Crippen LogP contribution in [-0.2, 0) is 14.3 Å². The molecule has 0 N–H and O–H groups in total. The zero-order valence-electron chi connectivity index (χ0n) is 18.5. The summed E-state index contributed by atoms with van der Waals surface area (Å²) in [5.41, 5.74) is 1.51. The molecule has 6 heteroatoms. The molecular weight excluding hydrogens is 421 g/mol. The van der Waals surface area contributed by atoms with Gasteiger partial charge in [0.1, 0.15) is 15.9 Å². The van der Waals surface area contributed by atoms with Crippen LogP contribution in [0.25, 0.3) is 5.57 Å². The molecule has 164 valence electrons. The molecule has 0 aromatic carbocycles. The molecule has 1 aromatic heterocycles. The number of hydrogen-bond donors (Lipinski definition) is 0. The first kappa shape index (κ1) is 22.0. The van der Waals surface area contributed by atoms with E-state index in [0.717, 1.165) is 18.4 Å². The number of fused-ring (bicyclic) bond motifs is 3. The predicted molar refractivity (Wildman–Crippen MR) is 119 cm³/mol. The van der Waals surface area contributed by atoms with E-state index in [1.54, 1.807) is 6.07 Å². The van der Waals surface area contributed by atoms with E-state index in [9.17, 15) is 4.79 Å². The number of pyridine rings is 1. The van der Waals surface area contributed by atoms with Crippen molar-refractivity contribution in [2.45, 2.75) is 71.8 Å².